The third-order valence-electron chi connectivity index (χ3n) is 4.02. The topological polar surface area (TPSA) is 12.0 Å². The predicted octanol–water partition coefficient (Wildman–Crippen LogP) is 4.22. The molecule has 1 heteroatoms. The predicted molar refractivity (Wildman–Crippen MR) is 74.1 cm³/mol. The number of aryl methyl sites for hydroxylation is 1. The molecule has 1 saturated carbocycles. The second-order valence-corrected chi connectivity index (χ2v) is 5.73. The summed E-state index contributed by atoms with van der Waals surface area (Å²) in [6.07, 6.45) is 5.69. The standard InChI is InChI=1S/C16H25N/c1-12-7-9-16(10-8-12)14(3)17-13(2)11-15-5-4-6-15/h7-10,13-15,17H,4-6,11H2,1-3H3/t13?,14-/m1/s1. The van der Waals surface area contributed by atoms with Crippen molar-refractivity contribution in [2.24, 2.45) is 5.92 Å². The molecule has 1 unspecified atom stereocenters. The Kier molecular flexibility index (Phi) is 4.22. The second-order valence-electron chi connectivity index (χ2n) is 5.73. The second kappa shape index (κ2) is 5.68. The molecular weight excluding hydrogens is 206 g/mol. The van der Waals surface area contributed by atoms with Gasteiger partial charge in [0.05, 0.1) is 0 Å². The molecule has 1 aliphatic carbocycles. The van der Waals surface area contributed by atoms with Gasteiger partial charge in [0.2, 0.25) is 0 Å². The highest BCUT2D eigenvalue weighted by atomic mass is 14.9. The van der Waals surface area contributed by atoms with E-state index in [0.717, 1.165) is 5.92 Å². The number of nitrogens with one attached hydrogen (secondary N) is 1. The number of benzene rings is 1. The van der Waals surface area contributed by atoms with Crippen LogP contribution in [-0.2, 0) is 0 Å². The van der Waals surface area contributed by atoms with Crippen LogP contribution in [-0.4, -0.2) is 6.04 Å². The summed E-state index contributed by atoms with van der Waals surface area (Å²) in [7, 11) is 0. The zero-order valence-electron chi connectivity index (χ0n) is 11.4. The molecule has 1 aliphatic rings. The van der Waals surface area contributed by atoms with Gasteiger partial charge in [-0.3, -0.25) is 0 Å². The highest BCUT2D eigenvalue weighted by Crippen LogP contribution is 2.30. The van der Waals surface area contributed by atoms with Gasteiger partial charge < -0.3 is 5.32 Å². The first-order valence-electron chi connectivity index (χ1n) is 6.98. The van der Waals surface area contributed by atoms with Crippen LogP contribution in [0.15, 0.2) is 24.3 Å². The van der Waals surface area contributed by atoms with E-state index in [9.17, 15) is 0 Å². The summed E-state index contributed by atoms with van der Waals surface area (Å²) in [6, 6.07) is 9.97. The molecule has 0 bridgehead atoms. The van der Waals surface area contributed by atoms with Gasteiger partial charge in [-0.25, -0.2) is 0 Å². The Hall–Kier alpha value is -0.820. The largest absolute Gasteiger partial charge is 0.308 e. The molecule has 2 rings (SSSR count). The van der Waals surface area contributed by atoms with E-state index in [4.69, 9.17) is 0 Å². The van der Waals surface area contributed by atoms with E-state index in [0.29, 0.717) is 12.1 Å². The van der Waals surface area contributed by atoms with Crippen molar-refractivity contribution in [3.63, 3.8) is 0 Å². The molecule has 1 aromatic carbocycles. The van der Waals surface area contributed by atoms with Crippen LogP contribution in [0.2, 0.25) is 0 Å². The summed E-state index contributed by atoms with van der Waals surface area (Å²) >= 11 is 0. The van der Waals surface area contributed by atoms with Gasteiger partial charge in [-0.2, -0.15) is 0 Å². The van der Waals surface area contributed by atoms with E-state index in [2.05, 4.69) is 50.4 Å². The molecule has 0 saturated heterocycles. The van der Waals surface area contributed by atoms with Gasteiger partial charge in [0.15, 0.2) is 0 Å². The zero-order chi connectivity index (χ0) is 12.3. The van der Waals surface area contributed by atoms with Gasteiger partial charge in [-0.1, -0.05) is 49.1 Å². The minimum Gasteiger partial charge on any atom is -0.308 e. The molecule has 0 aromatic heterocycles. The minimum atomic E-state index is 0.464. The van der Waals surface area contributed by atoms with Crippen LogP contribution in [0, 0.1) is 12.8 Å². The summed E-state index contributed by atoms with van der Waals surface area (Å²) in [5, 5.41) is 3.71. The van der Waals surface area contributed by atoms with Crippen LogP contribution >= 0.6 is 0 Å². The van der Waals surface area contributed by atoms with Crippen LogP contribution in [0.4, 0.5) is 0 Å². The van der Waals surface area contributed by atoms with Crippen molar-refractivity contribution in [2.45, 2.75) is 58.5 Å². The molecule has 0 aliphatic heterocycles. The van der Waals surface area contributed by atoms with E-state index in [1.54, 1.807) is 0 Å². The monoisotopic (exact) mass is 231 g/mol. The van der Waals surface area contributed by atoms with Crippen LogP contribution in [0.5, 0.6) is 0 Å². The molecule has 0 spiro atoms. The molecule has 17 heavy (non-hydrogen) atoms. The molecule has 1 fully saturated rings. The molecule has 0 radical (unpaired) electrons. The lowest BCUT2D eigenvalue weighted by Crippen LogP contribution is -2.32. The molecular formula is C16H25N. The molecule has 1 nitrogen and oxygen atoms in total. The molecule has 1 N–H and O–H groups in total. The van der Waals surface area contributed by atoms with Crippen molar-refractivity contribution in [1.82, 2.24) is 5.32 Å². The van der Waals surface area contributed by atoms with Gasteiger partial charge in [-0.15, -0.1) is 0 Å². The van der Waals surface area contributed by atoms with Gasteiger partial charge in [-0.05, 0) is 38.7 Å². The molecule has 1 aromatic rings. The Morgan fingerprint density at radius 3 is 2.35 bits per heavy atom. The van der Waals surface area contributed by atoms with Crippen LogP contribution in [0.3, 0.4) is 0 Å². The third-order valence-corrected chi connectivity index (χ3v) is 4.02. The van der Waals surface area contributed by atoms with Crippen molar-refractivity contribution in [3.8, 4) is 0 Å². The van der Waals surface area contributed by atoms with E-state index >= 15 is 0 Å². The van der Waals surface area contributed by atoms with Gasteiger partial charge in [0.25, 0.3) is 0 Å². The lowest BCUT2D eigenvalue weighted by Gasteiger charge is -2.30. The summed E-state index contributed by atoms with van der Waals surface area (Å²) in [5.74, 6) is 0.989. The Labute approximate surface area is 106 Å². The fourth-order valence-electron chi connectivity index (χ4n) is 2.67. The minimum absolute atomic E-state index is 0.464. The van der Waals surface area contributed by atoms with Crippen LogP contribution in [0.25, 0.3) is 0 Å². The van der Waals surface area contributed by atoms with Gasteiger partial charge >= 0.3 is 0 Å². The Bertz CT molecular complexity index is 337. The van der Waals surface area contributed by atoms with Gasteiger partial charge in [0.1, 0.15) is 0 Å². The fraction of sp³-hybridized carbons (Fsp3) is 0.625. The van der Waals surface area contributed by atoms with E-state index < -0.39 is 0 Å². The number of hydrogen-bond donors (Lipinski definition) is 1. The lowest BCUT2D eigenvalue weighted by atomic mass is 9.81. The maximum absolute atomic E-state index is 3.71. The average molecular weight is 231 g/mol. The Morgan fingerprint density at radius 1 is 1.18 bits per heavy atom. The molecule has 2 atom stereocenters. The van der Waals surface area contributed by atoms with E-state index in [1.165, 1.54) is 36.8 Å². The normalized spacial score (nSPS) is 19.7. The Morgan fingerprint density at radius 2 is 1.82 bits per heavy atom. The summed E-state index contributed by atoms with van der Waals surface area (Å²) in [6.45, 7) is 6.73. The van der Waals surface area contributed by atoms with Crippen molar-refractivity contribution in [1.29, 1.82) is 0 Å². The summed E-state index contributed by atoms with van der Waals surface area (Å²) in [5.41, 5.74) is 2.74. The third kappa shape index (κ3) is 3.57. The molecule has 94 valence electrons. The number of rotatable bonds is 5. The van der Waals surface area contributed by atoms with E-state index in [1.807, 2.05) is 0 Å². The number of hydrogen-bond acceptors (Lipinski definition) is 1. The average Bonchev–Trinajstić information content (AvgIpc) is 2.24. The molecule has 0 amide bonds. The van der Waals surface area contributed by atoms with Crippen molar-refractivity contribution in [3.05, 3.63) is 35.4 Å². The highest BCUT2D eigenvalue weighted by molar-refractivity contribution is 5.23. The maximum atomic E-state index is 3.71. The van der Waals surface area contributed by atoms with Crippen molar-refractivity contribution in [2.75, 3.05) is 0 Å². The summed E-state index contributed by atoms with van der Waals surface area (Å²) in [4.78, 5) is 0. The first kappa shape index (κ1) is 12.6. The van der Waals surface area contributed by atoms with Gasteiger partial charge in [0, 0.05) is 12.1 Å². The van der Waals surface area contributed by atoms with Crippen molar-refractivity contribution < 1.29 is 0 Å². The molecule has 0 heterocycles. The van der Waals surface area contributed by atoms with Crippen LogP contribution in [0.1, 0.15) is 56.7 Å². The SMILES string of the molecule is Cc1ccc([C@@H](C)NC(C)CC2CCC2)cc1. The van der Waals surface area contributed by atoms with E-state index in [-0.39, 0.29) is 0 Å². The first-order chi connectivity index (χ1) is 8.15. The van der Waals surface area contributed by atoms with Crippen molar-refractivity contribution >= 4 is 0 Å². The highest BCUT2D eigenvalue weighted by Gasteiger charge is 2.20. The smallest absolute Gasteiger partial charge is 0.0294 e. The zero-order valence-corrected chi connectivity index (χ0v) is 11.4. The summed E-state index contributed by atoms with van der Waals surface area (Å²) < 4.78 is 0. The van der Waals surface area contributed by atoms with Crippen LogP contribution < -0.4 is 5.32 Å². The first-order valence-corrected chi connectivity index (χ1v) is 6.98. The maximum Gasteiger partial charge on any atom is 0.0294 e. The quantitative estimate of drug-likeness (QED) is 0.800. The fourth-order valence-corrected chi connectivity index (χ4v) is 2.67. The Balaban J connectivity index is 1.82. The lowest BCUT2D eigenvalue weighted by molar-refractivity contribution is 0.259.